The zero-order chi connectivity index (χ0) is 19.5. The van der Waals surface area contributed by atoms with Gasteiger partial charge in [0.25, 0.3) is 5.91 Å². The molecule has 1 fully saturated rings. The average Bonchev–Trinajstić information content (AvgIpc) is 3.11. The molecule has 1 N–H and O–H groups in total. The number of nitrogens with zero attached hydrogens (tertiary/aromatic N) is 2. The fraction of sp³-hybridized carbons (Fsp3) is 0.300. The number of carbonyl (C=O) groups excluding carboxylic acids is 1. The Kier molecular flexibility index (Phi) is 5.79. The number of halogens is 1. The van der Waals surface area contributed by atoms with Crippen LogP contribution in [0.25, 0.3) is 10.2 Å². The first kappa shape index (κ1) is 19.2. The van der Waals surface area contributed by atoms with E-state index in [1.54, 1.807) is 18.2 Å². The topological polar surface area (TPSA) is 63.7 Å². The first-order chi connectivity index (χ1) is 13.6. The lowest BCUT2D eigenvalue weighted by Gasteiger charge is -2.28. The van der Waals surface area contributed by atoms with Gasteiger partial charge in [-0.3, -0.25) is 10.1 Å². The summed E-state index contributed by atoms with van der Waals surface area (Å²) in [5.41, 5.74) is 2.58. The lowest BCUT2D eigenvalue weighted by atomic mass is 10.2. The van der Waals surface area contributed by atoms with Crippen LogP contribution in [0.3, 0.4) is 0 Å². The number of thiazole rings is 1. The molecule has 146 valence electrons. The van der Waals surface area contributed by atoms with Gasteiger partial charge in [0.1, 0.15) is 5.75 Å². The van der Waals surface area contributed by atoms with Crippen molar-refractivity contribution in [1.29, 1.82) is 0 Å². The molecule has 1 amide bonds. The molecule has 1 aliphatic rings. The van der Waals surface area contributed by atoms with Crippen molar-refractivity contribution in [1.82, 2.24) is 4.98 Å². The lowest BCUT2D eigenvalue weighted by molar-refractivity contribution is 0.102. The number of hydrogen-bond donors (Lipinski definition) is 1. The molecule has 3 aromatic rings. The van der Waals surface area contributed by atoms with E-state index >= 15 is 0 Å². The maximum Gasteiger partial charge on any atom is 0.257 e. The molecule has 0 radical (unpaired) electrons. The Morgan fingerprint density at radius 3 is 2.86 bits per heavy atom. The highest BCUT2D eigenvalue weighted by Crippen LogP contribution is 2.31. The van der Waals surface area contributed by atoms with Crippen molar-refractivity contribution in [3.63, 3.8) is 0 Å². The number of amides is 1. The highest BCUT2D eigenvalue weighted by molar-refractivity contribution is 9.10. The van der Waals surface area contributed by atoms with E-state index in [1.165, 1.54) is 11.3 Å². The maximum atomic E-state index is 12.6. The number of anilines is 2. The van der Waals surface area contributed by atoms with Gasteiger partial charge in [-0.1, -0.05) is 11.3 Å². The average molecular weight is 462 g/mol. The molecule has 4 rings (SSSR count). The monoisotopic (exact) mass is 461 g/mol. The van der Waals surface area contributed by atoms with Gasteiger partial charge >= 0.3 is 0 Å². The number of rotatable bonds is 5. The second-order valence-electron chi connectivity index (χ2n) is 6.30. The Hall–Kier alpha value is -2.16. The van der Waals surface area contributed by atoms with E-state index in [9.17, 15) is 4.79 Å². The molecule has 0 spiro atoms. The lowest BCUT2D eigenvalue weighted by Crippen LogP contribution is -2.36. The molecule has 0 saturated carbocycles. The van der Waals surface area contributed by atoms with Gasteiger partial charge in [0.05, 0.1) is 34.5 Å². The third-order valence-electron chi connectivity index (χ3n) is 4.46. The van der Waals surface area contributed by atoms with E-state index in [2.05, 4.69) is 43.3 Å². The molecule has 2 heterocycles. The highest BCUT2D eigenvalue weighted by Gasteiger charge is 2.15. The van der Waals surface area contributed by atoms with E-state index < -0.39 is 0 Å². The van der Waals surface area contributed by atoms with Crippen molar-refractivity contribution in [3.05, 3.63) is 46.4 Å². The molecule has 28 heavy (non-hydrogen) atoms. The van der Waals surface area contributed by atoms with E-state index in [1.807, 2.05) is 13.0 Å². The first-order valence-corrected chi connectivity index (χ1v) is 10.7. The summed E-state index contributed by atoms with van der Waals surface area (Å²) < 4.78 is 12.7. The number of aromatic nitrogens is 1. The second-order valence-corrected chi connectivity index (χ2v) is 8.19. The second kappa shape index (κ2) is 8.46. The van der Waals surface area contributed by atoms with Gasteiger partial charge in [-0.15, -0.1) is 0 Å². The van der Waals surface area contributed by atoms with Gasteiger partial charge in [0.15, 0.2) is 5.13 Å². The van der Waals surface area contributed by atoms with Gasteiger partial charge in [-0.05, 0) is 59.3 Å². The van der Waals surface area contributed by atoms with Crippen molar-refractivity contribution in [2.24, 2.45) is 0 Å². The molecule has 1 aromatic heterocycles. The van der Waals surface area contributed by atoms with Crippen LogP contribution in [0.15, 0.2) is 40.9 Å². The molecular formula is C20H20BrN3O3S. The molecular weight excluding hydrogens is 442 g/mol. The molecule has 6 nitrogen and oxygen atoms in total. The summed E-state index contributed by atoms with van der Waals surface area (Å²) in [5, 5.41) is 3.49. The van der Waals surface area contributed by atoms with Gasteiger partial charge in [0, 0.05) is 24.3 Å². The summed E-state index contributed by atoms with van der Waals surface area (Å²) >= 11 is 4.92. The van der Waals surface area contributed by atoms with Gasteiger partial charge in [-0.2, -0.15) is 0 Å². The van der Waals surface area contributed by atoms with Crippen LogP contribution in [0.1, 0.15) is 17.3 Å². The van der Waals surface area contributed by atoms with Crippen molar-refractivity contribution in [2.75, 3.05) is 43.1 Å². The predicted octanol–water partition coefficient (Wildman–Crippen LogP) is 4.55. The zero-order valence-corrected chi connectivity index (χ0v) is 17.8. The summed E-state index contributed by atoms with van der Waals surface area (Å²) in [4.78, 5) is 19.4. The Morgan fingerprint density at radius 1 is 1.29 bits per heavy atom. The Morgan fingerprint density at radius 2 is 2.11 bits per heavy atom. The van der Waals surface area contributed by atoms with Gasteiger partial charge < -0.3 is 14.4 Å². The highest BCUT2D eigenvalue weighted by atomic mass is 79.9. The smallest absolute Gasteiger partial charge is 0.257 e. The zero-order valence-electron chi connectivity index (χ0n) is 15.4. The molecule has 1 saturated heterocycles. The molecule has 0 unspecified atom stereocenters. The number of benzene rings is 2. The van der Waals surface area contributed by atoms with Gasteiger partial charge in [-0.25, -0.2) is 4.98 Å². The largest absolute Gasteiger partial charge is 0.493 e. The number of nitrogens with one attached hydrogen (secondary N) is 1. The van der Waals surface area contributed by atoms with Crippen LogP contribution in [0.2, 0.25) is 0 Å². The third-order valence-corrected chi connectivity index (χ3v) is 6.02. The van der Waals surface area contributed by atoms with E-state index in [4.69, 9.17) is 9.47 Å². The number of ether oxygens (including phenoxy) is 2. The van der Waals surface area contributed by atoms with Gasteiger partial charge in [0.2, 0.25) is 0 Å². The Bertz CT molecular complexity index is 1000. The molecule has 0 aliphatic carbocycles. The molecule has 0 bridgehead atoms. The minimum absolute atomic E-state index is 0.198. The van der Waals surface area contributed by atoms with Crippen molar-refractivity contribution in [2.45, 2.75) is 6.92 Å². The Balaban J connectivity index is 1.51. The van der Waals surface area contributed by atoms with Crippen LogP contribution < -0.4 is 15.0 Å². The van der Waals surface area contributed by atoms with Crippen molar-refractivity contribution < 1.29 is 14.3 Å². The summed E-state index contributed by atoms with van der Waals surface area (Å²) in [6.07, 6.45) is 0. The summed E-state index contributed by atoms with van der Waals surface area (Å²) in [6, 6.07) is 11.5. The minimum Gasteiger partial charge on any atom is -0.493 e. The SMILES string of the molecule is CCOc1ccc(C(=O)Nc2nc3ccc(N4CCOCC4)cc3s2)cc1Br. The number of morpholine rings is 1. The van der Waals surface area contributed by atoms with Crippen LogP contribution in [0.5, 0.6) is 5.75 Å². The van der Waals surface area contributed by atoms with E-state index in [-0.39, 0.29) is 5.91 Å². The van der Waals surface area contributed by atoms with Crippen LogP contribution >= 0.6 is 27.3 Å². The number of hydrogen-bond acceptors (Lipinski definition) is 6. The Labute approximate surface area is 175 Å². The predicted molar refractivity (Wildman–Crippen MR) is 116 cm³/mol. The summed E-state index contributed by atoms with van der Waals surface area (Å²) in [7, 11) is 0. The van der Waals surface area contributed by atoms with E-state index in [0.29, 0.717) is 17.3 Å². The van der Waals surface area contributed by atoms with Crippen LogP contribution in [0.4, 0.5) is 10.8 Å². The standard InChI is InChI=1S/C20H20BrN3O3S/c1-2-27-17-6-3-13(11-15(17)21)19(25)23-20-22-16-5-4-14(12-18(16)28-20)24-7-9-26-10-8-24/h3-6,11-12H,2,7-10H2,1H3,(H,22,23,25). The summed E-state index contributed by atoms with van der Waals surface area (Å²) in [6.45, 7) is 5.77. The maximum absolute atomic E-state index is 12.6. The fourth-order valence-corrected chi connectivity index (χ4v) is 4.46. The molecule has 2 aromatic carbocycles. The quantitative estimate of drug-likeness (QED) is 0.603. The first-order valence-electron chi connectivity index (χ1n) is 9.11. The normalized spacial score (nSPS) is 14.3. The number of fused-ring (bicyclic) bond motifs is 1. The molecule has 0 atom stereocenters. The van der Waals surface area contributed by atoms with Crippen LogP contribution in [-0.2, 0) is 4.74 Å². The molecule has 1 aliphatic heterocycles. The van der Waals surface area contributed by atoms with Crippen LogP contribution in [0, 0.1) is 0 Å². The van der Waals surface area contributed by atoms with Crippen molar-refractivity contribution in [3.8, 4) is 5.75 Å². The third kappa shape index (κ3) is 4.14. The summed E-state index contributed by atoms with van der Waals surface area (Å²) in [5.74, 6) is 0.519. The number of carbonyl (C=O) groups is 1. The molecule has 8 heteroatoms. The van der Waals surface area contributed by atoms with E-state index in [0.717, 1.165) is 52.4 Å². The van der Waals surface area contributed by atoms with Crippen LogP contribution in [-0.4, -0.2) is 43.8 Å². The van der Waals surface area contributed by atoms with Crippen molar-refractivity contribution >= 4 is 54.2 Å². The minimum atomic E-state index is -0.198. The fourth-order valence-electron chi connectivity index (χ4n) is 3.07.